The lowest BCUT2D eigenvalue weighted by atomic mass is 9.85. The second-order valence-electron chi connectivity index (χ2n) is 3.99. The van der Waals surface area contributed by atoms with Crippen LogP contribution in [-0.2, 0) is 0 Å². The van der Waals surface area contributed by atoms with Crippen LogP contribution in [0.25, 0.3) is 0 Å². The van der Waals surface area contributed by atoms with Gasteiger partial charge in [0.05, 0.1) is 0 Å². The molecule has 1 nitrogen and oxygen atoms in total. The van der Waals surface area contributed by atoms with Gasteiger partial charge in [-0.05, 0) is 24.8 Å². The normalized spacial score (nSPS) is 35.8. The third kappa shape index (κ3) is 1.05. The topological polar surface area (TPSA) is 3.24 Å². The Balaban J connectivity index is 2.26. The standard InChI is InChI=1S/C10H16FN/c1-7-8-5-6-12(2)10(8)4-3-9(7)11/h7,9H,3-6H2,1-2H3. The average Bonchev–Trinajstić information content (AvgIpc) is 2.41. The molecule has 0 aromatic carbocycles. The summed E-state index contributed by atoms with van der Waals surface area (Å²) < 4.78 is 13.3. The molecule has 1 heterocycles. The van der Waals surface area contributed by atoms with Crippen molar-refractivity contribution in [2.75, 3.05) is 13.6 Å². The van der Waals surface area contributed by atoms with Crippen LogP contribution in [0.2, 0.25) is 0 Å². The zero-order valence-corrected chi connectivity index (χ0v) is 7.81. The van der Waals surface area contributed by atoms with Gasteiger partial charge in [-0.15, -0.1) is 0 Å². The van der Waals surface area contributed by atoms with Gasteiger partial charge in [-0.3, -0.25) is 0 Å². The fourth-order valence-electron chi connectivity index (χ4n) is 2.40. The van der Waals surface area contributed by atoms with E-state index in [0.29, 0.717) is 0 Å². The fourth-order valence-corrected chi connectivity index (χ4v) is 2.40. The molecular weight excluding hydrogens is 153 g/mol. The van der Waals surface area contributed by atoms with Gasteiger partial charge in [-0.25, -0.2) is 4.39 Å². The summed E-state index contributed by atoms with van der Waals surface area (Å²) in [6.07, 6.45) is 2.19. The highest BCUT2D eigenvalue weighted by Gasteiger charge is 2.32. The van der Waals surface area contributed by atoms with Crippen molar-refractivity contribution in [1.82, 2.24) is 4.90 Å². The van der Waals surface area contributed by atoms with Gasteiger partial charge >= 0.3 is 0 Å². The molecule has 0 N–H and O–H groups in total. The van der Waals surface area contributed by atoms with E-state index in [1.165, 1.54) is 11.3 Å². The Morgan fingerprint density at radius 3 is 2.92 bits per heavy atom. The molecule has 68 valence electrons. The number of hydrogen-bond donors (Lipinski definition) is 0. The maximum absolute atomic E-state index is 13.3. The van der Waals surface area contributed by atoms with Crippen molar-refractivity contribution in [3.63, 3.8) is 0 Å². The minimum absolute atomic E-state index is 0.179. The predicted molar refractivity (Wildman–Crippen MR) is 47.6 cm³/mol. The molecule has 0 amide bonds. The smallest absolute Gasteiger partial charge is 0.107 e. The van der Waals surface area contributed by atoms with Gasteiger partial charge in [0.2, 0.25) is 0 Å². The minimum Gasteiger partial charge on any atom is -0.378 e. The van der Waals surface area contributed by atoms with E-state index in [1.54, 1.807) is 0 Å². The van der Waals surface area contributed by atoms with Gasteiger partial charge < -0.3 is 4.90 Å². The number of allylic oxidation sites excluding steroid dienone is 1. The lowest BCUT2D eigenvalue weighted by Gasteiger charge is -2.27. The Bertz CT molecular complexity index is 222. The molecule has 0 saturated heterocycles. The van der Waals surface area contributed by atoms with Crippen molar-refractivity contribution in [2.24, 2.45) is 5.92 Å². The lowest BCUT2D eigenvalue weighted by Crippen LogP contribution is -2.22. The van der Waals surface area contributed by atoms with Crippen molar-refractivity contribution in [3.05, 3.63) is 11.3 Å². The van der Waals surface area contributed by atoms with Crippen LogP contribution >= 0.6 is 0 Å². The van der Waals surface area contributed by atoms with Crippen molar-refractivity contribution in [2.45, 2.75) is 32.4 Å². The van der Waals surface area contributed by atoms with Gasteiger partial charge in [0.25, 0.3) is 0 Å². The zero-order valence-electron chi connectivity index (χ0n) is 7.81. The van der Waals surface area contributed by atoms with Gasteiger partial charge in [0, 0.05) is 25.2 Å². The first-order chi connectivity index (χ1) is 5.70. The first-order valence-corrected chi connectivity index (χ1v) is 4.77. The van der Waals surface area contributed by atoms with Gasteiger partial charge in [0.15, 0.2) is 0 Å². The molecular formula is C10H16FN. The average molecular weight is 169 g/mol. The summed E-state index contributed by atoms with van der Waals surface area (Å²) in [5.74, 6) is 0.179. The van der Waals surface area contributed by atoms with Crippen molar-refractivity contribution in [3.8, 4) is 0 Å². The van der Waals surface area contributed by atoms with Gasteiger partial charge in [0.1, 0.15) is 6.17 Å². The van der Waals surface area contributed by atoms with E-state index in [1.807, 2.05) is 6.92 Å². The molecule has 2 unspecified atom stereocenters. The maximum Gasteiger partial charge on any atom is 0.107 e. The molecule has 0 spiro atoms. The van der Waals surface area contributed by atoms with Crippen molar-refractivity contribution in [1.29, 1.82) is 0 Å². The Kier molecular flexibility index (Phi) is 1.85. The molecule has 2 rings (SSSR count). The molecule has 2 heteroatoms. The molecule has 0 saturated carbocycles. The number of rotatable bonds is 0. The van der Waals surface area contributed by atoms with Crippen molar-refractivity contribution >= 4 is 0 Å². The largest absolute Gasteiger partial charge is 0.378 e. The molecule has 2 atom stereocenters. The molecule has 12 heavy (non-hydrogen) atoms. The molecule has 0 fully saturated rings. The van der Waals surface area contributed by atoms with Gasteiger partial charge in [-0.1, -0.05) is 6.92 Å². The van der Waals surface area contributed by atoms with Crippen molar-refractivity contribution < 1.29 is 4.39 Å². The number of nitrogens with zero attached hydrogens (tertiary/aromatic N) is 1. The van der Waals surface area contributed by atoms with E-state index in [4.69, 9.17) is 0 Å². The van der Waals surface area contributed by atoms with Crippen LogP contribution in [0, 0.1) is 5.92 Å². The van der Waals surface area contributed by atoms with E-state index >= 15 is 0 Å². The second kappa shape index (κ2) is 2.75. The van der Waals surface area contributed by atoms with Crippen LogP contribution in [0.4, 0.5) is 4.39 Å². The molecule has 1 aliphatic carbocycles. The molecule has 2 aliphatic rings. The highest BCUT2D eigenvalue weighted by Crippen LogP contribution is 2.38. The third-order valence-electron chi connectivity index (χ3n) is 3.30. The number of alkyl halides is 1. The monoisotopic (exact) mass is 169 g/mol. The van der Waals surface area contributed by atoms with Crippen LogP contribution in [0.3, 0.4) is 0 Å². The first-order valence-electron chi connectivity index (χ1n) is 4.77. The van der Waals surface area contributed by atoms with Crippen LogP contribution in [-0.4, -0.2) is 24.7 Å². The van der Waals surface area contributed by atoms with E-state index < -0.39 is 6.17 Å². The summed E-state index contributed by atoms with van der Waals surface area (Å²) in [6.45, 7) is 3.13. The van der Waals surface area contributed by atoms with Gasteiger partial charge in [-0.2, -0.15) is 0 Å². The highest BCUT2D eigenvalue weighted by molar-refractivity contribution is 5.24. The van der Waals surface area contributed by atoms with E-state index in [9.17, 15) is 4.39 Å². The summed E-state index contributed by atoms with van der Waals surface area (Å²) in [5.41, 5.74) is 2.81. The third-order valence-corrected chi connectivity index (χ3v) is 3.30. The summed E-state index contributed by atoms with van der Waals surface area (Å²) in [6, 6.07) is 0. The summed E-state index contributed by atoms with van der Waals surface area (Å²) in [4.78, 5) is 2.29. The zero-order chi connectivity index (χ0) is 8.72. The van der Waals surface area contributed by atoms with Crippen LogP contribution in [0.5, 0.6) is 0 Å². The quantitative estimate of drug-likeness (QED) is 0.538. The maximum atomic E-state index is 13.3. The van der Waals surface area contributed by atoms with Crippen LogP contribution < -0.4 is 0 Å². The van der Waals surface area contributed by atoms with Crippen LogP contribution in [0.15, 0.2) is 11.3 Å². The first kappa shape index (κ1) is 8.09. The summed E-state index contributed by atoms with van der Waals surface area (Å²) >= 11 is 0. The van der Waals surface area contributed by atoms with E-state index in [2.05, 4.69) is 11.9 Å². The summed E-state index contributed by atoms with van der Waals surface area (Å²) in [7, 11) is 2.12. The summed E-state index contributed by atoms with van der Waals surface area (Å²) in [5, 5.41) is 0. The SMILES string of the molecule is CC1C2=C(CCC1F)N(C)CC2. The Morgan fingerprint density at radius 2 is 2.17 bits per heavy atom. The Labute approximate surface area is 73.2 Å². The number of halogens is 1. The van der Waals surface area contributed by atoms with E-state index in [-0.39, 0.29) is 5.92 Å². The minimum atomic E-state index is -0.588. The fraction of sp³-hybridized carbons (Fsp3) is 0.800. The highest BCUT2D eigenvalue weighted by atomic mass is 19.1. The van der Waals surface area contributed by atoms with Crippen LogP contribution in [0.1, 0.15) is 26.2 Å². The Hall–Kier alpha value is -0.530. The predicted octanol–water partition coefficient (Wildman–Crippen LogP) is 2.34. The Morgan fingerprint density at radius 1 is 1.42 bits per heavy atom. The second-order valence-corrected chi connectivity index (χ2v) is 3.99. The van der Waals surface area contributed by atoms with E-state index in [0.717, 1.165) is 25.8 Å². The molecule has 0 bridgehead atoms. The molecule has 1 aliphatic heterocycles. The molecule has 0 aromatic heterocycles. The number of hydrogen-bond acceptors (Lipinski definition) is 1. The molecule has 0 aromatic rings. The molecule has 0 radical (unpaired) electrons. The lowest BCUT2D eigenvalue weighted by molar-refractivity contribution is 0.231.